The van der Waals surface area contributed by atoms with Crippen LogP contribution in [-0.4, -0.2) is 23.1 Å². The molecule has 1 aromatic heterocycles. The average Bonchev–Trinajstić information content (AvgIpc) is 2.24. The van der Waals surface area contributed by atoms with Gasteiger partial charge in [0.25, 0.3) is 0 Å². The van der Waals surface area contributed by atoms with Crippen LogP contribution in [0.25, 0.3) is 0 Å². The SMILES string of the molecule is Cc1nc(Cl)c(F)c(N2CCCCC2)n1. The number of rotatable bonds is 1. The van der Waals surface area contributed by atoms with Crippen LogP contribution in [-0.2, 0) is 0 Å². The molecule has 0 unspecified atom stereocenters. The number of hydrogen-bond acceptors (Lipinski definition) is 3. The van der Waals surface area contributed by atoms with Gasteiger partial charge in [-0.2, -0.15) is 4.39 Å². The van der Waals surface area contributed by atoms with Crippen LogP contribution in [0.4, 0.5) is 10.2 Å². The third-order valence-electron chi connectivity index (χ3n) is 2.56. The molecule has 0 N–H and O–H groups in total. The van der Waals surface area contributed by atoms with Gasteiger partial charge in [0, 0.05) is 13.1 Å². The zero-order chi connectivity index (χ0) is 10.8. The number of hydrogen-bond donors (Lipinski definition) is 0. The van der Waals surface area contributed by atoms with Gasteiger partial charge in [-0.25, -0.2) is 9.97 Å². The van der Waals surface area contributed by atoms with Crippen LogP contribution in [0.3, 0.4) is 0 Å². The van der Waals surface area contributed by atoms with Crippen molar-refractivity contribution in [1.82, 2.24) is 9.97 Å². The molecule has 82 valence electrons. The van der Waals surface area contributed by atoms with Crippen molar-refractivity contribution in [2.45, 2.75) is 26.2 Å². The fraction of sp³-hybridized carbons (Fsp3) is 0.600. The maximum Gasteiger partial charge on any atom is 0.202 e. The second-order valence-corrected chi connectivity index (χ2v) is 4.10. The molecule has 5 heteroatoms. The summed E-state index contributed by atoms with van der Waals surface area (Å²) in [6.07, 6.45) is 3.37. The van der Waals surface area contributed by atoms with Gasteiger partial charge < -0.3 is 4.90 Å². The first kappa shape index (κ1) is 10.6. The summed E-state index contributed by atoms with van der Waals surface area (Å²) in [5.41, 5.74) is 0. The lowest BCUT2D eigenvalue weighted by molar-refractivity contribution is 0.545. The first-order valence-electron chi connectivity index (χ1n) is 5.13. The minimum atomic E-state index is -0.496. The van der Waals surface area contributed by atoms with Gasteiger partial charge >= 0.3 is 0 Å². The van der Waals surface area contributed by atoms with E-state index in [1.54, 1.807) is 6.92 Å². The summed E-state index contributed by atoms with van der Waals surface area (Å²) >= 11 is 5.69. The Morgan fingerprint density at radius 3 is 2.53 bits per heavy atom. The molecule has 0 saturated carbocycles. The van der Waals surface area contributed by atoms with Crippen molar-refractivity contribution in [3.8, 4) is 0 Å². The molecule has 3 nitrogen and oxygen atoms in total. The van der Waals surface area contributed by atoms with Gasteiger partial charge in [0.15, 0.2) is 11.0 Å². The van der Waals surface area contributed by atoms with Crippen LogP contribution in [0.2, 0.25) is 5.15 Å². The summed E-state index contributed by atoms with van der Waals surface area (Å²) in [6, 6.07) is 0. The molecule has 0 aromatic carbocycles. The molecule has 1 saturated heterocycles. The van der Waals surface area contributed by atoms with E-state index in [4.69, 9.17) is 11.6 Å². The Kier molecular flexibility index (Phi) is 3.05. The van der Waals surface area contributed by atoms with Crippen LogP contribution < -0.4 is 4.90 Å². The van der Waals surface area contributed by atoms with Crippen LogP contribution in [0.5, 0.6) is 0 Å². The first-order chi connectivity index (χ1) is 7.18. The van der Waals surface area contributed by atoms with Gasteiger partial charge in [-0.15, -0.1) is 0 Å². The predicted octanol–water partition coefficient (Wildman–Crippen LogP) is 2.57. The lowest BCUT2D eigenvalue weighted by atomic mass is 10.1. The third-order valence-corrected chi connectivity index (χ3v) is 2.81. The van der Waals surface area contributed by atoms with Crippen LogP contribution in [0, 0.1) is 12.7 Å². The first-order valence-corrected chi connectivity index (χ1v) is 5.51. The van der Waals surface area contributed by atoms with E-state index in [2.05, 4.69) is 9.97 Å². The van der Waals surface area contributed by atoms with Crippen molar-refractivity contribution in [2.75, 3.05) is 18.0 Å². The minimum Gasteiger partial charge on any atom is -0.354 e. The molecule has 2 heterocycles. The number of anilines is 1. The molecule has 1 aliphatic heterocycles. The maximum atomic E-state index is 13.7. The van der Waals surface area contributed by atoms with Crippen LogP contribution in [0.1, 0.15) is 25.1 Å². The van der Waals surface area contributed by atoms with E-state index in [0.717, 1.165) is 25.9 Å². The van der Waals surface area contributed by atoms with E-state index in [9.17, 15) is 4.39 Å². The quantitative estimate of drug-likeness (QED) is 0.693. The molecule has 0 spiro atoms. The van der Waals surface area contributed by atoms with Gasteiger partial charge in [0.1, 0.15) is 5.82 Å². The van der Waals surface area contributed by atoms with E-state index in [1.807, 2.05) is 4.90 Å². The zero-order valence-corrected chi connectivity index (χ0v) is 9.39. The number of aryl methyl sites for hydroxylation is 1. The second-order valence-electron chi connectivity index (χ2n) is 3.75. The molecule has 1 aliphatic rings. The summed E-state index contributed by atoms with van der Waals surface area (Å²) in [7, 11) is 0. The molecular weight excluding hydrogens is 217 g/mol. The van der Waals surface area contributed by atoms with Gasteiger partial charge in [0.2, 0.25) is 5.82 Å². The highest BCUT2D eigenvalue weighted by atomic mass is 35.5. The normalized spacial score (nSPS) is 16.9. The molecule has 0 aliphatic carbocycles. The monoisotopic (exact) mass is 229 g/mol. The fourth-order valence-corrected chi connectivity index (χ4v) is 2.03. The molecular formula is C10H13ClFN3. The maximum absolute atomic E-state index is 13.7. The predicted molar refractivity (Wildman–Crippen MR) is 57.8 cm³/mol. The number of aromatic nitrogens is 2. The Morgan fingerprint density at radius 2 is 1.87 bits per heavy atom. The van der Waals surface area contributed by atoms with Gasteiger partial charge in [-0.1, -0.05) is 11.6 Å². The van der Waals surface area contributed by atoms with Crippen LogP contribution >= 0.6 is 11.6 Å². The summed E-state index contributed by atoms with van der Waals surface area (Å²) < 4.78 is 13.7. The number of nitrogens with zero attached hydrogens (tertiary/aromatic N) is 3. The molecule has 0 amide bonds. The Hall–Kier alpha value is -0.900. The molecule has 0 atom stereocenters. The molecule has 0 bridgehead atoms. The van der Waals surface area contributed by atoms with Crippen molar-refractivity contribution in [1.29, 1.82) is 0 Å². The largest absolute Gasteiger partial charge is 0.354 e. The lowest BCUT2D eigenvalue weighted by Crippen LogP contribution is -2.31. The van der Waals surface area contributed by atoms with Crippen molar-refractivity contribution in [3.63, 3.8) is 0 Å². The Balaban J connectivity index is 2.33. The van der Waals surface area contributed by atoms with E-state index in [-0.39, 0.29) is 5.15 Å². The second kappa shape index (κ2) is 4.31. The highest BCUT2D eigenvalue weighted by molar-refractivity contribution is 6.29. The summed E-state index contributed by atoms with van der Waals surface area (Å²) in [5.74, 6) is 0.373. The van der Waals surface area contributed by atoms with E-state index in [0.29, 0.717) is 11.6 Å². The summed E-state index contributed by atoms with van der Waals surface area (Å²) in [5, 5.41) is -0.0805. The molecule has 1 aromatic rings. The Morgan fingerprint density at radius 1 is 1.20 bits per heavy atom. The van der Waals surface area contributed by atoms with Gasteiger partial charge in [-0.3, -0.25) is 0 Å². The summed E-state index contributed by atoms with van der Waals surface area (Å²) in [6.45, 7) is 3.42. The Labute approximate surface area is 93.3 Å². The van der Waals surface area contributed by atoms with Crippen molar-refractivity contribution in [2.24, 2.45) is 0 Å². The smallest absolute Gasteiger partial charge is 0.202 e. The number of piperidine rings is 1. The van der Waals surface area contributed by atoms with E-state index in [1.165, 1.54) is 6.42 Å². The Bertz CT molecular complexity index is 364. The van der Waals surface area contributed by atoms with Gasteiger partial charge in [0.05, 0.1) is 0 Å². The minimum absolute atomic E-state index is 0.0805. The zero-order valence-electron chi connectivity index (χ0n) is 8.63. The van der Waals surface area contributed by atoms with Crippen LogP contribution in [0.15, 0.2) is 0 Å². The van der Waals surface area contributed by atoms with Crippen molar-refractivity contribution < 1.29 is 4.39 Å². The molecule has 1 fully saturated rings. The topological polar surface area (TPSA) is 29.0 Å². The molecule has 0 radical (unpaired) electrons. The molecule has 15 heavy (non-hydrogen) atoms. The van der Waals surface area contributed by atoms with Crippen molar-refractivity contribution >= 4 is 17.4 Å². The molecule has 2 rings (SSSR count). The summed E-state index contributed by atoms with van der Waals surface area (Å²) in [4.78, 5) is 9.84. The van der Waals surface area contributed by atoms with Gasteiger partial charge in [-0.05, 0) is 26.2 Å². The van der Waals surface area contributed by atoms with E-state index >= 15 is 0 Å². The fourth-order valence-electron chi connectivity index (χ4n) is 1.83. The van der Waals surface area contributed by atoms with Crippen molar-refractivity contribution in [3.05, 3.63) is 16.8 Å². The lowest BCUT2D eigenvalue weighted by Gasteiger charge is -2.28. The number of halogens is 2. The highest BCUT2D eigenvalue weighted by Crippen LogP contribution is 2.24. The average molecular weight is 230 g/mol. The third kappa shape index (κ3) is 2.20. The highest BCUT2D eigenvalue weighted by Gasteiger charge is 2.19. The standard InChI is InChI=1S/C10H13ClFN3/c1-7-13-9(11)8(12)10(14-7)15-5-3-2-4-6-15/h2-6H2,1H3. The van der Waals surface area contributed by atoms with E-state index < -0.39 is 5.82 Å².